The van der Waals surface area contributed by atoms with Gasteiger partial charge in [0.05, 0.1) is 0 Å². The summed E-state index contributed by atoms with van der Waals surface area (Å²) in [6.45, 7) is 1.77. The first-order chi connectivity index (χ1) is 5.16. The van der Waals surface area contributed by atoms with Crippen LogP contribution in [0.4, 0.5) is 4.79 Å². The van der Waals surface area contributed by atoms with Crippen LogP contribution in [0.2, 0.25) is 0 Å². The molecule has 0 aromatic carbocycles. The van der Waals surface area contributed by atoms with E-state index in [-0.39, 0.29) is 0 Å². The molecule has 0 saturated carbocycles. The topological polar surface area (TPSA) is 63.6 Å². The summed E-state index contributed by atoms with van der Waals surface area (Å²) in [5.74, 6) is -0.893. The van der Waals surface area contributed by atoms with Crippen LogP contribution in [0.1, 0.15) is 6.92 Å². The molecule has 0 radical (unpaired) electrons. The van der Waals surface area contributed by atoms with Gasteiger partial charge in [0.25, 0.3) is 0 Å². The third-order valence-corrected chi connectivity index (χ3v) is 0.724. The smallest absolute Gasteiger partial charge is 0.449 e. The zero-order valence-electron chi connectivity index (χ0n) is 5.98. The Kier molecular flexibility index (Phi) is 4.47. The Bertz CT molecular complexity index is 202. The van der Waals surface area contributed by atoms with Crippen LogP contribution < -0.4 is 0 Å². The van der Waals surface area contributed by atoms with Crippen molar-refractivity contribution < 1.29 is 19.4 Å². The summed E-state index contributed by atoms with van der Waals surface area (Å²) in [4.78, 5) is 20.2. The van der Waals surface area contributed by atoms with E-state index in [2.05, 4.69) is 4.74 Å². The lowest BCUT2D eigenvalue weighted by molar-refractivity contribution is -0.133. The fourth-order valence-electron chi connectivity index (χ4n) is 0.365. The van der Waals surface area contributed by atoms with Crippen LogP contribution in [0.5, 0.6) is 0 Å². The van der Waals surface area contributed by atoms with E-state index in [4.69, 9.17) is 5.11 Å². The van der Waals surface area contributed by atoms with Gasteiger partial charge in [-0.15, -0.1) is 0 Å². The highest BCUT2D eigenvalue weighted by molar-refractivity contribution is 5.89. The number of carbonyl (C=O) groups excluding carboxylic acids is 1. The molecule has 1 N–H and O–H groups in total. The Morgan fingerprint density at radius 1 is 1.36 bits per heavy atom. The molecule has 0 saturated heterocycles. The third-order valence-electron chi connectivity index (χ3n) is 0.724. The summed E-state index contributed by atoms with van der Waals surface area (Å²) in [6, 6.07) is 0. The van der Waals surface area contributed by atoms with Gasteiger partial charge in [0.15, 0.2) is 0 Å². The summed E-state index contributed by atoms with van der Waals surface area (Å²) in [6.07, 6.45) is 4.10. The molecule has 60 valence electrons. The van der Waals surface area contributed by atoms with Crippen molar-refractivity contribution in [1.82, 2.24) is 0 Å². The molecule has 0 fully saturated rings. The molecule has 0 aliphatic carbocycles. The molecule has 0 aliphatic heterocycles. The van der Waals surface area contributed by atoms with Crippen LogP contribution in [0.3, 0.4) is 0 Å². The lowest BCUT2D eigenvalue weighted by atomic mass is 10.4. The molecule has 0 aliphatic rings. The maximum Gasteiger partial charge on any atom is 0.513 e. The van der Waals surface area contributed by atoms with Crippen molar-refractivity contribution in [3.63, 3.8) is 0 Å². The number of allylic oxidation sites excluding steroid dienone is 3. The van der Waals surface area contributed by atoms with Crippen molar-refractivity contribution in [3.8, 4) is 0 Å². The number of ether oxygens (including phenoxy) is 1. The highest BCUT2D eigenvalue weighted by atomic mass is 16.7. The first-order valence-electron chi connectivity index (χ1n) is 2.91. The molecule has 0 spiro atoms. The Hall–Kier alpha value is -1.58. The number of esters is 1. The standard InChI is InChI=1S/C7H8O4/c1-2-3-4-5-6(8)11-7(9)10/h2-5H,1H3,(H,9,10)/b3-2+,5-4+. The van der Waals surface area contributed by atoms with Gasteiger partial charge < -0.3 is 9.84 Å². The van der Waals surface area contributed by atoms with Gasteiger partial charge >= 0.3 is 12.1 Å². The molecule has 0 bridgehead atoms. The highest BCUT2D eigenvalue weighted by Crippen LogP contribution is 1.83. The van der Waals surface area contributed by atoms with Crippen molar-refractivity contribution in [1.29, 1.82) is 0 Å². The normalized spacial score (nSPS) is 10.6. The Morgan fingerprint density at radius 2 is 2.00 bits per heavy atom. The lowest BCUT2D eigenvalue weighted by Crippen LogP contribution is -2.06. The zero-order valence-corrected chi connectivity index (χ0v) is 5.98. The van der Waals surface area contributed by atoms with E-state index in [1.165, 1.54) is 6.08 Å². The molecule has 0 aromatic heterocycles. The van der Waals surface area contributed by atoms with Gasteiger partial charge in [0.2, 0.25) is 0 Å². The van der Waals surface area contributed by atoms with Crippen LogP contribution in [0, 0.1) is 0 Å². The lowest BCUT2D eigenvalue weighted by Gasteiger charge is -1.88. The average molecular weight is 156 g/mol. The summed E-state index contributed by atoms with van der Waals surface area (Å²) in [5.41, 5.74) is 0. The minimum absolute atomic E-state index is 0.893. The Labute approximate surface area is 63.8 Å². The number of hydrogen-bond donors (Lipinski definition) is 1. The molecular weight excluding hydrogens is 148 g/mol. The number of carbonyl (C=O) groups is 2. The molecule has 0 aromatic rings. The predicted molar refractivity (Wildman–Crippen MR) is 38.1 cm³/mol. The van der Waals surface area contributed by atoms with E-state index in [9.17, 15) is 9.59 Å². The molecule has 0 rings (SSSR count). The summed E-state index contributed by atoms with van der Waals surface area (Å²) < 4.78 is 3.75. The number of carboxylic acid groups (broad SMARTS) is 1. The minimum atomic E-state index is -1.60. The number of hydrogen-bond acceptors (Lipinski definition) is 3. The average Bonchev–Trinajstić information content (AvgIpc) is 1.86. The minimum Gasteiger partial charge on any atom is -0.449 e. The first-order valence-corrected chi connectivity index (χ1v) is 2.91. The highest BCUT2D eigenvalue weighted by Gasteiger charge is 2.01. The van der Waals surface area contributed by atoms with E-state index in [0.29, 0.717) is 0 Å². The second kappa shape index (κ2) is 5.22. The van der Waals surface area contributed by atoms with Crippen molar-refractivity contribution in [3.05, 3.63) is 24.3 Å². The zero-order chi connectivity index (χ0) is 8.69. The van der Waals surface area contributed by atoms with E-state index >= 15 is 0 Å². The van der Waals surface area contributed by atoms with E-state index in [1.807, 2.05) is 0 Å². The molecule has 4 nitrogen and oxygen atoms in total. The fourth-order valence-corrected chi connectivity index (χ4v) is 0.365. The molecule has 4 heteroatoms. The van der Waals surface area contributed by atoms with Gasteiger partial charge in [-0.1, -0.05) is 18.2 Å². The van der Waals surface area contributed by atoms with Gasteiger partial charge in [0, 0.05) is 6.08 Å². The molecule has 0 atom stereocenters. The van der Waals surface area contributed by atoms with Crippen molar-refractivity contribution >= 4 is 12.1 Å². The Balaban J connectivity index is 3.78. The largest absolute Gasteiger partial charge is 0.513 e. The SMILES string of the molecule is C/C=C/C=C/C(=O)OC(=O)O. The maximum absolute atomic E-state index is 10.4. The second-order valence-electron chi connectivity index (χ2n) is 1.57. The summed E-state index contributed by atoms with van der Waals surface area (Å²) >= 11 is 0. The predicted octanol–water partition coefficient (Wildman–Crippen LogP) is 1.34. The van der Waals surface area contributed by atoms with Crippen LogP contribution >= 0.6 is 0 Å². The summed E-state index contributed by atoms with van der Waals surface area (Å²) in [7, 11) is 0. The fraction of sp³-hybridized carbons (Fsp3) is 0.143. The van der Waals surface area contributed by atoms with E-state index in [1.54, 1.807) is 19.1 Å². The van der Waals surface area contributed by atoms with Crippen molar-refractivity contribution in [2.75, 3.05) is 0 Å². The van der Waals surface area contributed by atoms with Gasteiger partial charge in [-0.05, 0) is 6.92 Å². The van der Waals surface area contributed by atoms with Gasteiger partial charge in [-0.25, -0.2) is 9.59 Å². The van der Waals surface area contributed by atoms with E-state index < -0.39 is 12.1 Å². The maximum atomic E-state index is 10.4. The van der Waals surface area contributed by atoms with Gasteiger partial charge in [-0.2, -0.15) is 0 Å². The molecule has 0 heterocycles. The molecule has 0 unspecified atom stereocenters. The monoisotopic (exact) mass is 156 g/mol. The van der Waals surface area contributed by atoms with Crippen LogP contribution in [-0.2, 0) is 9.53 Å². The summed E-state index contributed by atoms with van der Waals surface area (Å²) in [5, 5.41) is 7.95. The quantitative estimate of drug-likeness (QED) is 0.283. The second-order valence-corrected chi connectivity index (χ2v) is 1.57. The molecular formula is C7H8O4. The van der Waals surface area contributed by atoms with E-state index in [0.717, 1.165) is 6.08 Å². The molecule has 11 heavy (non-hydrogen) atoms. The van der Waals surface area contributed by atoms with Crippen molar-refractivity contribution in [2.45, 2.75) is 6.92 Å². The first kappa shape index (κ1) is 9.42. The Morgan fingerprint density at radius 3 is 2.45 bits per heavy atom. The third kappa shape index (κ3) is 6.30. The number of rotatable bonds is 2. The van der Waals surface area contributed by atoms with Crippen molar-refractivity contribution in [2.24, 2.45) is 0 Å². The molecule has 0 amide bonds. The van der Waals surface area contributed by atoms with Gasteiger partial charge in [-0.3, -0.25) is 0 Å². The van der Waals surface area contributed by atoms with Crippen LogP contribution in [0.15, 0.2) is 24.3 Å². The van der Waals surface area contributed by atoms with Crippen LogP contribution in [-0.4, -0.2) is 17.2 Å². The van der Waals surface area contributed by atoms with Crippen LogP contribution in [0.25, 0.3) is 0 Å². The van der Waals surface area contributed by atoms with Gasteiger partial charge in [0.1, 0.15) is 0 Å².